The highest BCUT2D eigenvalue weighted by atomic mass is 16.5. The Morgan fingerprint density at radius 1 is 1.00 bits per heavy atom. The van der Waals surface area contributed by atoms with Crippen LogP contribution in [-0.2, 0) is 9.53 Å². The predicted octanol–water partition coefficient (Wildman–Crippen LogP) is 6.34. The van der Waals surface area contributed by atoms with Gasteiger partial charge in [0.2, 0.25) is 0 Å². The average molecular weight is 459 g/mol. The summed E-state index contributed by atoms with van der Waals surface area (Å²) in [5.41, 5.74) is 4.08. The van der Waals surface area contributed by atoms with Crippen molar-refractivity contribution in [3.8, 4) is 11.5 Å². The van der Waals surface area contributed by atoms with Crippen LogP contribution in [0.2, 0.25) is 0 Å². The van der Waals surface area contributed by atoms with Gasteiger partial charge in [-0.15, -0.1) is 0 Å². The molecule has 4 rings (SSSR count). The van der Waals surface area contributed by atoms with Crippen LogP contribution in [0, 0.1) is 5.92 Å². The summed E-state index contributed by atoms with van der Waals surface area (Å²) in [5.74, 6) is 0.238. The van der Waals surface area contributed by atoms with Gasteiger partial charge in [0.1, 0.15) is 11.5 Å². The summed E-state index contributed by atoms with van der Waals surface area (Å²) in [5, 5.41) is 9.17. The number of hydrogen-bond donors (Lipinski definition) is 1. The molecule has 0 saturated carbocycles. The SMILES string of the molecule is C=C(C)[C@H]1C[C@H](c2ccccc2)[C@H](c2ccccc2)O[C@@H]1c1cc(OC)ccc1OCC(=O)O. The molecular formula is C29H30O5. The molecule has 1 N–H and O–H groups in total. The summed E-state index contributed by atoms with van der Waals surface area (Å²) in [4.78, 5) is 11.2. The number of benzene rings is 3. The van der Waals surface area contributed by atoms with Gasteiger partial charge in [-0.3, -0.25) is 0 Å². The maximum Gasteiger partial charge on any atom is 0.341 e. The van der Waals surface area contributed by atoms with E-state index in [0.717, 1.165) is 23.1 Å². The minimum Gasteiger partial charge on any atom is -0.497 e. The molecule has 0 aromatic heterocycles. The molecule has 5 nitrogen and oxygen atoms in total. The number of carboxylic acids is 1. The van der Waals surface area contributed by atoms with E-state index >= 15 is 0 Å². The van der Waals surface area contributed by atoms with Crippen LogP contribution in [-0.4, -0.2) is 24.8 Å². The molecule has 176 valence electrons. The Bertz CT molecular complexity index is 1130. The van der Waals surface area contributed by atoms with Crippen LogP contribution in [0.5, 0.6) is 11.5 Å². The highest BCUT2D eigenvalue weighted by Gasteiger charge is 2.41. The second kappa shape index (κ2) is 10.6. The Balaban J connectivity index is 1.80. The average Bonchev–Trinajstić information content (AvgIpc) is 2.87. The third-order valence-corrected chi connectivity index (χ3v) is 6.40. The van der Waals surface area contributed by atoms with Crippen molar-refractivity contribution >= 4 is 5.97 Å². The molecule has 1 fully saturated rings. The zero-order valence-electron chi connectivity index (χ0n) is 19.5. The quantitative estimate of drug-likeness (QED) is 0.399. The lowest BCUT2D eigenvalue weighted by Crippen LogP contribution is -2.31. The van der Waals surface area contributed by atoms with Crippen molar-refractivity contribution in [2.24, 2.45) is 5.92 Å². The molecule has 0 bridgehead atoms. The largest absolute Gasteiger partial charge is 0.497 e. The lowest BCUT2D eigenvalue weighted by atomic mass is 9.74. The van der Waals surface area contributed by atoms with E-state index in [2.05, 4.69) is 43.0 Å². The predicted molar refractivity (Wildman–Crippen MR) is 131 cm³/mol. The van der Waals surface area contributed by atoms with E-state index < -0.39 is 12.6 Å². The number of aliphatic carboxylic acids is 1. The zero-order valence-corrected chi connectivity index (χ0v) is 19.5. The summed E-state index contributed by atoms with van der Waals surface area (Å²) >= 11 is 0. The zero-order chi connectivity index (χ0) is 24.1. The van der Waals surface area contributed by atoms with Crippen LogP contribution in [0.3, 0.4) is 0 Å². The van der Waals surface area contributed by atoms with E-state index in [1.807, 2.05) is 37.3 Å². The molecule has 0 amide bonds. The van der Waals surface area contributed by atoms with Gasteiger partial charge in [-0.2, -0.15) is 0 Å². The van der Waals surface area contributed by atoms with E-state index in [1.165, 1.54) is 5.56 Å². The molecule has 34 heavy (non-hydrogen) atoms. The van der Waals surface area contributed by atoms with E-state index in [9.17, 15) is 9.90 Å². The van der Waals surface area contributed by atoms with Gasteiger partial charge in [0, 0.05) is 17.4 Å². The Hall–Kier alpha value is -3.57. The third-order valence-electron chi connectivity index (χ3n) is 6.40. The van der Waals surface area contributed by atoms with Gasteiger partial charge in [-0.25, -0.2) is 4.79 Å². The number of methoxy groups -OCH3 is 1. The van der Waals surface area contributed by atoms with Crippen LogP contribution < -0.4 is 9.47 Å². The molecular weight excluding hydrogens is 428 g/mol. The number of carbonyl (C=O) groups is 1. The first-order valence-electron chi connectivity index (χ1n) is 11.4. The highest BCUT2D eigenvalue weighted by Crippen LogP contribution is 2.53. The smallest absolute Gasteiger partial charge is 0.341 e. The van der Waals surface area contributed by atoms with E-state index in [4.69, 9.17) is 14.2 Å². The Kier molecular flexibility index (Phi) is 7.33. The molecule has 0 unspecified atom stereocenters. The van der Waals surface area contributed by atoms with Gasteiger partial charge in [-0.1, -0.05) is 72.8 Å². The van der Waals surface area contributed by atoms with Gasteiger partial charge < -0.3 is 19.3 Å². The number of ether oxygens (including phenoxy) is 3. The topological polar surface area (TPSA) is 65.0 Å². The van der Waals surface area contributed by atoms with Gasteiger partial charge in [-0.05, 0) is 42.7 Å². The fourth-order valence-electron chi connectivity index (χ4n) is 4.73. The van der Waals surface area contributed by atoms with Gasteiger partial charge in [0.05, 0.1) is 19.3 Å². The second-order valence-electron chi connectivity index (χ2n) is 8.68. The summed E-state index contributed by atoms with van der Waals surface area (Å²) in [6, 6.07) is 26.0. The Labute approximate surface area is 200 Å². The highest BCUT2D eigenvalue weighted by molar-refractivity contribution is 5.68. The van der Waals surface area contributed by atoms with Crippen LogP contribution >= 0.6 is 0 Å². The first-order valence-corrected chi connectivity index (χ1v) is 11.4. The van der Waals surface area contributed by atoms with Crippen LogP contribution in [0.1, 0.15) is 48.2 Å². The normalized spacial score (nSPS) is 22.1. The van der Waals surface area contributed by atoms with E-state index in [-0.39, 0.29) is 24.0 Å². The van der Waals surface area contributed by atoms with Crippen LogP contribution in [0.25, 0.3) is 0 Å². The fraction of sp³-hybridized carbons (Fsp3) is 0.276. The molecule has 1 saturated heterocycles. The number of carboxylic acid groups (broad SMARTS) is 1. The molecule has 5 heteroatoms. The molecule has 4 atom stereocenters. The maximum absolute atomic E-state index is 11.2. The molecule has 1 aliphatic rings. The van der Waals surface area contributed by atoms with Crippen molar-refractivity contribution in [3.05, 3.63) is 108 Å². The summed E-state index contributed by atoms with van der Waals surface area (Å²) in [7, 11) is 1.60. The summed E-state index contributed by atoms with van der Waals surface area (Å²) in [6.45, 7) is 5.87. The molecule has 0 radical (unpaired) electrons. The van der Waals surface area contributed by atoms with Crippen molar-refractivity contribution in [2.45, 2.75) is 31.5 Å². The lowest BCUT2D eigenvalue weighted by molar-refractivity contribution is -0.139. The van der Waals surface area contributed by atoms with Crippen molar-refractivity contribution < 1.29 is 24.1 Å². The standard InChI is InChI=1S/C29H30O5/c1-19(2)23-17-24(20-10-6-4-7-11-20)28(21-12-8-5-9-13-21)34-29(23)25-16-22(32-3)14-15-26(25)33-18-27(30)31/h4-16,23-24,28-29H,1,17-18H2,2-3H3,(H,30,31)/t23-,24-,28+,29+/m1/s1. The molecule has 3 aromatic rings. The van der Waals surface area contributed by atoms with Crippen molar-refractivity contribution in [1.82, 2.24) is 0 Å². The lowest BCUT2D eigenvalue weighted by Gasteiger charge is -2.43. The van der Waals surface area contributed by atoms with Crippen molar-refractivity contribution in [1.29, 1.82) is 0 Å². The summed E-state index contributed by atoms with van der Waals surface area (Å²) in [6.07, 6.45) is 0.267. The second-order valence-corrected chi connectivity index (χ2v) is 8.68. The number of hydrogen-bond acceptors (Lipinski definition) is 4. The minimum atomic E-state index is -1.03. The first-order chi connectivity index (χ1) is 16.5. The van der Waals surface area contributed by atoms with Crippen LogP contribution in [0.15, 0.2) is 91.0 Å². The maximum atomic E-state index is 11.2. The Morgan fingerprint density at radius 3 is 2.24 bits per heavy atom. The molecule has 0 aliphatic carbocycles. The van der Waals surface area contributed by atoms with Gasteiger partial charge in [0.15, 0.2) is 6.61 Å². The van der Waals surface area contributed by atoms with Crippen molar-refractivity contribution in [3.63, 3.8) is 0 Å². The molecule has 1 heterocycles. The van der Waals surface area contributed by atoms with E-state index in [0.29, 0.717) is 11.5 Å². The van der Waals surface area contributed by atoms with Crippen LogP contribution in [0.4, 0.5) is 0 Å². The number of rotatable bonds is 8. The molecule has 0 spiro atoms. The van der Waals surface area contributed by atoms with Gasteiger partial charge >= 0.3 is 5.97 Å². The Morgan fingerprint density at radius 2 is 1.65 bits per heavy atom. The van der Waals surface area contributed by atoms with Gasteiger partial charge in [0.25, 0.3) is 0 Å². The van der Waals surface area contributed by atoms with Crippen molar-refractivity contribution in [2.75, 3.05) is 13.7 Å². The minimum absolute atomic E-state index is 0.00412. The third kappa shape index (κ3) is 5.15. The molecule has 3 aromatic carbocycles. The first kappa shape index (κ1) is 23.6. The summed E-state index contributed by atoms with van der Waals surface area (Å²) < 4.78 is 18.0. The van der Waals surface area contributed by atoms with E-state index in [1.54, 1.807) is 19.2 Å². The fourth-order valence-corrected chi connectivity index (χ4v) is 4.73. The monoisotopic (exact) mass is 458 g/mol. The molecule has 1 aliphatic heterocycles.